The Hall–Kier alpha value is -2.33. The molecule has 0 aromatic heterocycles. The molecule has 1 aliphatic carbocycles. The third-order valence-electron chi connectivity index (χ3n) is 4.73. The fourth-order valence-electron chi connectivity index (χ4n) is 3.31. The molecular weight excluding hydrogens is 324 g/mol. The minimum absolute atomic E-state index is 0.0549. The first-order valence-corrected chi connectivity index (χ1v) is 8.47. The van der Waals surface area contributed by atoms with Gasteiger partial charge in [-0.3, -0.25) is 9.59 Å². The van der Waals surface area contributed by atoms with E-state index in [0.717, 1.165) is 12.1 Å². The number of hydrogen-bond acceptors (Lipinski definition) is 2. The van der Waals surface area contributed by atoms with Crippen molar-refractivity contribution in [3.05, 3.63) is 59.1 Å². The molecule has 1 aliphatic heterocycles. The molecule has 1 saturated carbocycles. The normalized spacial score (nSPS) is 21.3. The molecule has 0 saturated heterocycles. The zero-order valence-corrected chi connectivity index (χ0v) is 13.8. The van der Waals surface area contributed by atoms with Crippen LogP contribution in [0.15, 0.2) is 48.5 Å². The van der Waals surface area contributed by atoms with E-state index in [-0.39, 0.29) is 23.7 Å². The molecule has 0 spiro atoms. The molecule has 5 heteroatoms. The van der Waals surface area contributed by atoms with E-state index in [1.165, 1.54) is 5.56 Å². The average molecular weight is 341 g/mol. The first-order valence-electron chi connectivity index (χ1n) is 8.10. The number of anilines is 2. The van der Waals surface area contributed by atoms with Crippen molar-refractivity contribution in [2.24, 2.45) is 11.8 Å². The zero-order valence-electron chi connectivity index (χ0n) is 13.0. The van der Waals surface area contributed by atoms with Crippen LogP contribution in [0.2, 0.25) is 5.02 Å². The summed E-state index contributed by atoms with van der Waals surface area (Å²) in [5.41, 5.74) is 2.78. The summed E-state index contributed by atoms with van der Waals surface area (Å²) in [7, 11) is 0. The van der Waals surface area contributed by atoms with E-state index in [4.69, 9.17) is 11.6 Å². The molecule has 1 N–H and O–H groups in total. The SMILES string of the molecule is O=C(Nc1ccccc1Cl)C1CC1C(=O)N1CCc2ccccc21. The van der Waals surface area contributed by atoms with Crippen LogP contribution in [0, 0.1) is 11.8 Å². The van der Waals surface area contributed by atoms with Crippen LogP contribution in [-0.2, 0) is 16.0 Å². The second-order valence-corrected chi connectivity index (χ2v) is 6.69. The number of carbonyl (C=O) groups is 2. The highest BCUT2D eigenvalue weighted by atomic mass is 35.5. The minimum atomic E-state index is -0.262. The summed E-state index contributed by atoms with van der Waals surface area (Å²) in [6, 6.07) is 15.1. The van der Waals surface area contributed by atoms with Gasteiger partial charge in [0, 0.05) is 12.2 Å². The number of rotatable bonds is 3. The van der Waals surface area contributed by atoms with Gasteiger partial charge in [-0.25, -0.2) is 0 Å². The summed E-state index contributed by atoms with van der Waals surface area (Å²) >= 11 is 6.06. The summed E-state index contributed by atoms with van der Waals surface area (Å²) in [6.45, 7) is 0.702. The van der Waals surface area contributed by atoms with Crippen molar-refractivity contribution in [2.45, 2.75) is 12.8 Å². The number of hydrogen-bond donors (Lipinski definition) is 1. The van der Waals surface area contributed by atoms with E-state index >= 15 is 0 Å². The Labute approximate surface area is 145 Å². The third kappa shape index (κ3) is 2.67. The van der Waals surface area contributed by atoms with Crippen LogP contribution in [-0.4, -0.2) is 18.4 Å². The molecule has 4 nitrogen and oxygen atoms in total. The molecule has 1 fully saturated rings. The molecule has 122 valence electrons. The Balaban J connectivity index is 1.42. The number of fused-ring (bicyclic) bond motifs is 1. The van der Waals surface area contributed by atoms with E-state index in [1.807, 2.05) is 35.2 Å². The minimum Gasteiger partial charge on any atom is -0.325 e. The average Bonchev–Trinajstić information content (AvgIpc) is 3.28. The molecule has 24 heavy (non-hydrogen) atoms. The van der Waals surface area contributed by atoms with Gasteiger partial charge in [-0.1, -0.05) is 41.9 Å². The smallest absolute Gasteiger partial charge is 0.230 e. The van der Waals surface area contributed by atoms with Crippen molar-refractivity contribution in [1.82, 2.24) is 0 Å². The van der Waals surface area contributed by atoms with E-state index in [1.54, 1.807) is 12.1 Å². The maximum atomic E-state index is 12.7. The summed E-state index contributed by atoms with van der Waals surface area (Å²) in [5, 5.41) is 3.33. The lowest BCUT2D eigenvalue weighted by Gasteiger charge is -2.17. The van der Waals surface area contributed by atoms with Crippen molar-refractivity contribution in [3.63, 3.8) is 0 Å². The van der Waals surface area contributed by atoms with Crippen LogP contribution in [0.5, 0.6) is 0 Å². The van der Waals surface area contributed by atoms with Crippen LogP contribution in [0.3, 0.4) is 0 Å². The summed E-state index contributed by atoms with van der Waals surface area (Å²) in [4.78, 5) is 26.9. The lowest BCUT2D eigenvalue weighted by Crippen LogP contribution is -2.32. The van der Waals surface area contributed by atoms with Gasteiger partial charge in [0.1, 0.15) is 0 Å². The fraction of sp³-hybridized carbons (Fsp3) is 0.263. The first-order chi connectivity index (χ1) is 11.6. The van der Waals surface area contributed by atoms with Gasteiger partial charge in [-0.2, -0.15) is 0 Å². The number of nitrogens with zero attached hydrogens (tertiary/aromatic N) is 1. The predicted octanol–water partition coefficient (Wildman–Crippen LogP) is 3.50. The van der Waals surface area contributed by atoms with E-state index < -0.39 is 0 Å². The van der Waals surface area contributed by atoms with Crippen LogP contribution < -0.4 is 10.2 Å². The van der Waals surface area contributed by atoms with Crippen molar-refractivity contribution in [2.75, 3.05) is 16.8 Å². The standard InChI is InChI=1S/C19H17ClN2O2/c20-15-6-2-3-7-16(15)21-18(23)13-11-14(13)19(24)22-10-9-12-5-1-4-8-17(12)22/h1-8,13-14H,9-11H2,(H,21,23). The monoisotopic (exact) mass is 340 g/mol. The third-order valence-corrected chi connectivity index (χ3v) is 5.06. The summed E-state index contributed by atoms with van der Waals surface area (Å²) in [6.07, 6.45) is 1.49. The maximum Gasteiger partial charge on any atom is 0.230 e. The van der Waals surface area contributed by atoms with E-state index in [2.05, 4.69) is 11.4 Å². The Morgan fingerprint density at radius 3 is 2.62 bits per heavy atom. The molecule has 1 heterocycles. The molecule has 4 rings (SSSR count). The molecule has 0 radical (unpaired) electrons. The highest BCUT2D eigenvalue weighted by molar-refractivity contribution is 6.33. The van der Waals surface area contributed by atoms with Gasteiger partial charge in [0.2, 0.25) is 11.8 Å². The van der Waals surface area contributed by atoms with Gasteiger partial charge >= 0.3 is 0 Å². The van der Waals surface area contributed by atoms with Crippen molar-refractivity contribution in [1.29, 1.82) is 0 Å². The van der Waals surface area contributed by atoms with Gasteiger partial charge < -0.3 is 10.2 Å². The molecule has 2 unspecified atom stereocenters. The molecule has 2 aliphatic rings. The van der Waals surface area contributed by atoms with Gasteiger partial charge in [0.15, 0.2) is 0 Å². The number of nitrogens with one attached hydrogen (secondary N) is 1. The van der Waals surface area contributed by atoms with Crippen molar-refractivity contribution < 1.29 is 9.59 Å². The molecule has 0 bridgehead atoms. The summed E-state index contributed by atoms with van der Waals surface area (Å²) < 4.78 is 0. The number of para-hydroxylation sites is 2. The molecule has 2 aromatic rings. The molecular formula is C19H17ClN2O2. The van der Waals surface area contributed by atoms with Crippen LogP contribution in [0.4, 0.5) is 11.4 Å². The number of halogens is 1. The molecule has 2 amide bonds. The maximum absolute atomic E-state index is 12.7. The Bertz CT molecular complexity index is 821. The number of amides is 2. The Kier molecular flexibility index (Phi) is 3.77. The van der Waals surface area contributed by atoms with Crippen molar-refractivity contribution >= 4 is 34.8 Å². The fourth-order valence-corrected chi connectivity index (χ4v) is 3.50. The first kappa shape index (κ1) is 15.2. The molecule has 2 atom stereocenters. The predicted molar refractivity (Wildman–Crippen MR) is 94.2 cm³/mol. The van der Waals surface area contributed by atoms with Gasteiger partial charge in [-0.15, -0.1) is 0 Å². The van der Waals surface area contributed by atoms with Crippen LogP contribution >= 0.6 is 11.6 Å². The Morgan fingerprint density at radius 1 is 1.04 bits per heavy atom. The second kappa shape index (κ2) is 5.95. The Morgan fingerprint density at radius 2 is 1.79 bits per heavy atom. The van der Waals surface area contributed by atoms with Gasteiger partial charge in [0.25, 0.3) is 0 Å². The number of benzene rings is 2. The second-order valence-electron chi connectivity index (χ2n) is 6.29. The summed E-state index contributed by atoms with van der Waals surface area (Å²) in [5.74, 6) is -0.562. The highest BCUT2D eigenvalue weighted by Gasteiger charge is 2.50. The van der Waals surface area contributed by atoms with Gasteiger partial charge in [-0.05, 0) is 36.6 Å². The zero-order chi connectivity index (χ0) is 16.7. The number of carbonyl (C=O) groups excluding carboxylic acids is 2. The van der Waals surface area contributed by atoms with Gasteiger partial charge in [0.05, 0.1) is 22.5 Å². The van der Waals surface area contributed by atoms with Crippen LogP contribution in [0.1, 0.15) is 12.0 Å². The lowest BCUT2D eigenvalue weighted by molar-refractivity contribution is -0.123. The topological polar surface area (TPSA) is 49.4 Å². The van der Waals surface area contributed by atoms with E-state index in [0.29, 0.717) is 23.7 Å². The molecule has 2 aromatic carbocycles. The van der Waals surface area contributed by atoms with E-state index in [9.17, 15) is 9.59 Å². The van der Waals surface area contributed by atoms with Crippen LogP contribution in [0.25, 0.3) is 0 Å². The lowest BCUT2D eigenvalue weighted by atomic mass is 10.2. The van der Waals surface area contributed by atoms with Crippen molar-refractivity contribution in [3.8, 4) is 0 Å². The largest absolute Gasteiger partial charge is 0.325 e. The quantitative estimate of drug-likeness (QED) is 0.929. The highest BCUT2D eigenvalue weighted by Crippen LogP contribution is 2.43.